The third-order valence-electron chi connectivity index (χ3n) is 1.42. The van der Waals surface area contributed by atoms with E-state index in [1.165, 1.54) is 12.1 Å². The summed E-state index contributed by atoms with van der Waals surface area (Å²) < 4.78 is 0. The Morgan fingerprint density at radius 2 is 2.23 bits per heavy atom. The molecule has 0 unspecified atom stereocenters. The van der Waals surface area contributed by atoms with Crippen LogP contribution in [0.5, 0.6) is 0 Å². The molecular weight excluding hydrogens is 211 g/mol. The largest absolute Gasteiger partial charge is 0.410 e. The molecule has 0 spiro atoms. The summed E-state index contributed by atoms with van der Waals surface area (Å²) >= 11 is 11.2. The molecule has 0 fully saturated rings. The van der Waals surface area contributed by atoms with Crippen LogP contribution < -0.4 is 0 Å². The van der Waals surface area contributed by atoms with Gasteiger partial charge in [-0.15, -0.1) is 0 Å². The average Bonchev–Trinajstić information content (AvgIpc) is 2.16. The van der Waals surface area contributed by atoms with E-state index < -0.39 is 0 Å². The summed E-state index contributed by atoms with van der Waals surface area (Å²) in [5, 5.41) is 19.9. The highest BCUT2D eigenvalue weighted by atomic mass is 35.5. The number of halogens is 2. The van der Waals surface area contributed by atoms with Gasteiger partial charge in [-0.25, -0.2) is 0 Å². The highest BCUT2D eigenvalue weighted by Crippen LogP contribution is 2.18. The average molecular weight is 215 g/mol. The molecule has 0 amide bonds. The molecule has 0 heterocycles. The number of nitrogens with zero attached hydrogens (tertiary/aromatic N) is 2. The fraction of sp³-hybridized carbons (Fsp3) is 0. The molecule has 0 bridgehead atoms. The van der Waals surface area contributed by atoms with Gasteiger partial charge in [0.05, 0.1) is 10.6 Å². The molecule has 0 atom stereocenters. The summed E-state index contributed by atoms with van der Waals surface area (Å²) in [4.78, 5) is 0. The maximum Gasteiger partial charge on any atom is 0.175 e. The van der Waals surface area contributed by atoms with Crippen LogP contribution in [0.3, 0.4) is 0 Å². The van der Waals surface area contributed by atoms with E-state index in [1.54, 1.807) is 6.07 Å². The Hall–Kier alpha value is -1.24. The minimum absolute atomic E-state index is 0.0635. The molecule has 1 N–H and O–H groups in total. The van der Waals surface area contributed by atoms with Crippen molar-refractivity contribution in [2.75, 3.05) is 0 Å². The first-order valence-electron chi connectivity index (χ1n) is 3.26. The second-order valence-corrected chi connectivity index (χ2v) is 2.96. The Balaban J connectivity index is 3.19. The minimum Gasteiger partial charge on any atom is -0.410 e. The van der Waals surface area contributed by atoms with Gasteiger partial charge in [-0.05, 0) is 12.1 Å². The zero-order valence-electron chi connectivity index (χ0n) is 6.33. The molecule has 0 aromatic heterocycles. The van der Waals surface area contributed by atoms with E-state index in [1.807, 2.05) is 6.07 Å². The van der Waals surface area contributed by atoms with Crippen LogP contribution in [0, 0.1) is 11.3 Å². The van der Waals surface area contributed by atoms with Gasteiger partial charge in [-0.1, -0.05) is 34.4 Å². The van der Waals surface area contributed by atoms with Crippen molar-refractivity contribution >= 4 is 28.4 Å². The van der Waals surface area contributed by atoms with Gasteiger partial charge in [-0.3, -0.25) is 0 Å². The second kappa shape index (κ2) is 4.13. The molecule has 13 heavy (non-hydrogen) atoms. The Morgan fingerprint density at radius 3 is 2.69 bits per heavy atom. The van der Waals surface area contributed by atoms with Gasteiger partial charge < -0.3 is 5.21 Å². The van der Waals surface area contributed by atoms with E-state index in [0.717, 1.165) is 0 Å². The third kappa shape index (κ3) is 2.11. The summed E-state index contributed by atoms with van der Waals surface area (Å²) in [6.45, 7) is 0. The van der Waals surface area contributed by atoms with Gasteiger partial charge >= 0.3 is 0 Å². The van der Waals surface area contributed by atoms with Crippen LogP contribution in [-0.2, 0) is 0 Å². The van der Waals surface area contributed by atoms with E-state index >= 15 is 0 Å². The van der Waals surface area contributed by atoms with Crippen LogP contribution in [-0.4, -0.2) is 10.4 Å². The summed E-state index contributed by atoms with van der Waals surface area (Å²) in [5.41, 5.74) is 0.820. The molecule has 0 radical (unpaired) electrons. The summed E-state index contributed by atoms with van der Waals surface area (Å²) in [5.74, 6) is 0. The lowest BCUT2D eigenvalue weighted by Gasteiger charge is -1.98. The van der Waals surface area contributed by atoms with E-state index in [4.69, 9.17) is 33.7 Å². The van der Waals surface area contributed by atoms with Gasteiger partial charge in [-0.2, -0.15) is 5.26 Å². The van der Waals surface area contributed by atoms with Crippen LogP contribution in [0.25, 0.3) is 0 Å². The molecule has 5 heteroatoms. The molecule has 66 valence electrons. The van der Waals surface area contributed by atoms with Gasteiger partial charge in [0.25, 0.3) is 0 Å². The lowest BCUT2D eigenvalue weighted by atomic mass is 10.1. The molecule has 3 nitrogen and oxygen atoms in total. The quantitative estimate of drug-likeness (QED) is 0.444. The number of hydrogen-bond donors (Lipinski definition) is 1. The molecule has 0 aliphatic heterocycles. The van der Waals surface area contributed by atoms with Crippen LogP contribution >= 0.6 is 23.2 Å². The van der Waals surface area contributed by atoms with Crippen LogP contribution in [0.15, 0.2) is 23.4 Å². The standard InChI is InChI=1S/C8H4Cl2N2O/c9-7-3-5(8(10)12-13)1-2-6(7)4-11/h1-3,13H/b12-8-. The first-order valence-corrected chi connectivity index (χ1v) is 4.02. The van der Waals surface area contributed by atoms with Gasteiger partial charge in [0, 0.05) is 5.56 Å². The molecule has 0 saturated heterocycles. The van der Waals surface area contributed by atoms with E-state index in [2.05, 4.69) is 5.16 Å². The SMILES string of the molecule is N#Cc1ccc(/C(Cl)=N/O)cc1Cl. The maximum atomic E-state index is 8.56. The molecule has 1 aromatic carbocycles. The van der Waals surface area contributed by atoms with Crippen molar-refractivity contribution in [2.24, 2.45) is 5.16 Å². The molecule has 1 rings (SSSR count). The zero-order chi connectivity index (χ0) is 9.84. The smallest absolute Gasteiger partial charge is 0.175 e. The molecule has 1 aromatic rings. The second-order valence-electron chi connectivity index (χ2n) is 2.20. The first kappa shape index (κ1) is 9.85. The topological polar surface area (TPSA) is 56.4 Å². The number of nitriles is 1. The minimum atomic E-state index is -0.0635. The van der Waals surface area contributed by atoms with Gasteiger partial charge in [0.2, 0.25) is 0 Å². The van der Waals surface area contributed by atoms with Crippen molar-refractivity contribution in [1.82, 2.24) is 0 Å². The Kier molecular flexibility index (Phi) is 3.13. The molecular formula is C8H4Cl2N2O. The highest BCUT2D eigenvalue weighted by Gasteiger charge is 2.04. The highest BCUT2D eigenvalue weighted by molar-refractivity contribution is 6.69. The normalized spacial score (nSPS) is 11.0. The number of oxime groups is 1. The van der Waals surface area contributed by atoms with E-state index in [0.29, 0.717) is 11.1 Å². The lowest BCUT2D eigenvalue weighted by Crippen LogP contribution is -1.91. The number of benzene rings is 1. The Labute approximate surface area is 84.8 Å². The molecule has 0 aliphatic carbocycles. The molecule has 0 aliphatic rings. The summed E-state index contributed by atoms with van der Waals surface area (Å²) in [7, 11) is 0. The van der Waals surface area contributed by atoms with Crippen molar-refractivity contribution in [3.63, 3.8) is 0 Å². The van der Waals surface area contributed by atoms with Crippen LogP contribution in [0.1, 0.15) is 11.1 Å². The third-order valence-corrected chi connectivity index (χ3v) is 2.02. The van der Waals surface area contributed by atoms with Crippen LogP contribution in [0.4, 0.5) is 0 Å². The number of rotatable bonds is 1. The van der Waals surface area contributed by atoms with Gasteiger partial charge in [0.15, 0.2) is 5.17 Å². The zero-order valence-corrected chi connectivity index (χ0v) is 7.84. The summed E-state index contributed by atoms with van der Waals surface area (Å²) in [6.07, 6.45) is 0. The first-order chi connectivity index (χ1) is 6.19. The maximum absolute atomic E-state index is 8.56. The predicted octanol–water partition coefficient (Wildman–Crippen LogP) is 2.59. The Bertz CT molecular complexity index is 396. The monoisotopic (exact) mass is 214 g/mol. The lowest BCUT2D eigenvalue weighted by molar-refractivity contribution is 0.321. The fourth-order valence-corrected chi connectivity index (χ4v) is 1.13. The van der Waals surface area contributed by atoms with Crippen molar-refractivity contribution in [3.8, 4) is 6.07 Å². The summed E-state index contributed by atoms with van der Waals surface area (Å²) in [6, 6.07) is 6.42. The van der Waals surface area contributed by atoms with Crippen molar-refractivity contribution in [1.29, 1.82) is 5.26 Å². The van der Waals surface area contributed by atoms with Gasteiger partial charge in [0.1, 0.15) is 6.07 Å². The number of hydrogen-bond acceptors (Lipinski definition) is 3. The van der Waals surface area contributed by atoms with Crippen molar-refractivity contribution in [3.05, 3.63) is 34.3 Å². The van der Waals surface area contributed by atoms with Crippen molar-refractivity contribution < 1.29 is 5.21 Å². The predicted molar refractivity (Wildman–Crippen MR) is 50.3 cm³/mol. The Morgan fingerprint density at radius 1 is 1.54 bits per heavy atom. The molecule has 0 saturated carbocycles. The van der Waals surface area contributed by atoms with E-state index in [-0.39, 0.29) is 10.2 Å². The van der Waals surface area contributed by atoms with E-state index in [9.17, 15) is 0 Å². The van der Waals surface area contributed by atoms with Crippen LogP contribution in [0.2, 0.25) is 5.02 Å². The fourth-order valence-electron chi connectivity index (χ4n) is 0.792. The van der Waals surface area contributed by atoms with Crippen molar-refractivity contribution in [2.45, 2.75) is 0 Å².